The van der Waals surface area contributed by atoms with Gasteiger partial charge in [-0.3, -0.25) is 9.59 Å². The number of thiophene rings is 1. The monoisotopic (exact) mass is 353 g/mol. The molecule has 0 spiro atoms. The van der Waals surface area contributed by atoms with Crippen LogP contribution in [0.3, 0.4) is 0 Å². The first-order chi connectivity index (χ1) is 12.2. The van der Waals surface area contributed by atoms with Gasteiger partial charge in [-0.2, -0.15) is 0 Å². The topological polar surface area (TPSA) is 55.4 Å². The maximum absolute atomic E-state index is 12.0. The van der Waals surface area contributed by atoms with Crippen molar-refractivity contribution in [3.8, 4) is 5.75 Å². The third-order valence-electron chi connectivity index (χ3n) is 3.98. The van der Waals surface area contributed by atoms with Gasteiger partial charge in [-0.15, -0.1) is 11.3 Å². The van der Waals surface area contributed by atoms with Crippen LogP contribution < -0.4 is 10.1 Å². The molecule has 1 N–H and O–H groups in total. The Labute approximate surface area is 150 Å². The number of methoxy groups -OCH3 is 1. The van der Waals surface area contributed by atoms with Crippen LogP contribution in [0, 0.1) is 0 Å². The zero-order valence-electron chi connectivity index (χ0n) is 14.0. The molecule has 1 aromatic heterocycles. The number of hydrogen-bond acceptors (Lipinski definition) is 4. The minimum atomic E-state index is -0.111. The lowest BCUT2D eigenvalue weighted by Crippen LogP contribution is -2.23. The van der Waals surface area contributed by atoms with E-state index in [9.17, 15) is 9.59 Å². The van der Waals surface area contributed by atoms with Gasteiger partial charge >= 0.3 is 0 Å². The van der Waals surface area contributed by atoms with Crippen LogP contribution in [0.2, 0.25) is 0 Å². The number of ether oxygens (including phenoxy) is 1. The number of nitrogens with one attached hydrogen (secondary N) is 1. The summed E-state index contributed by atoms with van der Waals surface area (Å²) < 4.78 is 5.22. The minimum Gasteiger partial charge on any atom is -0.497 e. The molecule has 0 aliphatic heterocycles. The van der Waals surface area contributed by atoms with Gasteiger partial charge in [0.1, 0.15) is 5.75 Å². The average Bonchev–Trinajstić information content (AvgIpc) is 3.18. The molecule has 0 fully saturated rings. The van der Waals surface area contributed by atoms with E-state index in [2.05, 4.69) is 5.32 Å². The number of hydrogen-bond donors (Lipinski definition) is 1. The molecular formula is C20H19NO3S. The number of carbonyl (C=O) groups is 2. The molecule has 0 aliphatic carbocycles. The summed E-state index contributed by atoms with van der Waals surface area (Å²) in [5.74, 6) is 0.730. The van der Waals surface area contributed by atoms with Crippen LogP contribution in [0.5, 0.6) is 5.75 Å². The Balaban J connectivity index is 1.53. The standard InChI is InChI=1S/C20H19NO3S/c1-24-17-7-6-15-11-14(4-5-16(15)12-17)13-21-20(23)9-8-18(22)19-3-2-10-25-19/h2-7,10-12H,8-9,13H2,1H3,(H,21,23). The van der Waals surface area contributed by atoms with E-state index in [4.69, 9.17) is 4.74 Å². The molecule has 3 rings (SSSR count). The van der Waals surface area contributed by atoms with Gasteiger partial charge in [0.05, 0.1) is 12.0 Å². The number of Topliss-reactive ketones (excluding diaryl/α,β-unsaturated/α-hetero) is 1. The quantitative estimate of drug-likeness (QED) is 0.648. The summed E-state index contributed by atoms with van der Waals surface area (Å²) in [6, 6.07) is 15.6. The SMILES string of the molecule is COc1ccc2cc(CNC(=O)CCC(=O)c3cccs3)ccc2c1. The summed E-state index contributed by atoms with van der Waals surface area (Å²) in [5, 5.41) is 6.93. The van der Waals surface area contributed by atoms with E-state index in [0.717, 1.165) is 22.1 Å². The van der Waals surface area contributed by atoms with Crippen LogP contribution >= 0.6 is 11.3 Å². The van der Waals surface area contributed by atoms with E-state index < -0.39 is 0 Å². The molecule has 0 saturated carbocycles. The van der Waals surface area contributed by atoms with Crippen LogP contribution in [0.1, 0.15) is 28.1 Å². The number of ketones is 1. The van der Waals surface area contributed by atoms with Crippen molar-refractivity contribution in [3.63, 3.8) is 0 Å². The summed E-state index contributed by atoms with van der Waals surface area (Å²) in [4.78, 5) is 24.6. The largest absolute Gasteiger partial charge is 0.497 e. The molecule has 4 nitrogen and oxygen atoms in total. The molecule has 5 heteroatoms. The number of benzene rings is 2. The molecular weight excluding hydrogens is 334 g/mol. The molecule has 1 heterocycles. The van der Waals surface area contributed by atoms with Gasteiger partial charge < -0.3 is 10.1 Å². The van der Waals surface area contributed by atoms with Crippen LogP contribution in [0.15, 0.2) is 53.9 Å². The molecule has 128 valence electrons. The first-order valence-electron chi connectivity index (χ1n) is 8.06. The van der Waals surface area contributed by atoms with Gasteiger partial charge in [-0.25, -0.2) is 0 Å². The highest BCUT2D eigenvalue weighted by Gasteiger charge is 2.10. The summed E-state index contributed by atoms with van der Waals surface area (Å²) in [5.41, 5.74) is 1.02. The van der Waals surface area contributed by atoms with Crippen LogP contribution in [-0.2, 0) is 11.3 Å². The maximum Gasteiger partial charge on any atom is 0.220 e. The van der Waals surface area contributed by atoms with E-state index in [1.165, 1.54) is 11.3 Å². The Bertz CT molecular complexity index is 887. The molecule has 2 aromatic carbocycles. The summed E-state index contributed by atoms with van der Waals surface area (Å²) in [6.45, 7) is 0.452. The molecule has 0 radical (unpaired) electrons. The van der Waals surface area contributed by atoms with Gasteiger partial charge in [0, 0.05) is 19.4 Å². The summed E-state index contributed by atoms with van der Waals surface area (Å²) in [7, 11) is 1.65. The van der Waals surface area contributed by atoms with Crippen molar-refractivity contribution >= 4 is 33.8 Å². The van der Waals surface area contributed by atoms with Crippen molar-refractivity contribution in [2.45, 2.75) is 19.4 Å². The van der Waals surface area contributed by atoms with Gasteiger partial charge in [0.15, 0.2) is 5.78 Å². The highest BCUT2D eigenvalue weighted by atomic mass is 32.1. The number of carbonyl (C=O) groups excluding carboxylic acids is 2. The highest BCUT2D eigenvalue weighted by Crippen LogP contribution is 2.21. The average molecular weight is 353 g/mol. The molecule has 0 aliphatic rings. The molecule has 0 bridgehead atoms. The Morgan fingerprint density at radius 2 is 1.84 bits per heavy atom. The minimum absolute atomic E-state index is 0.0183. The van der Waals surface area contributed by atoms with Gasteiger partial charge in [-0.05, 0) is 46.0 Å². The second-order valence-electron chi connectivity index (χ2n) is 5.72. The fourth-order valence-electron chi connectivity index (χ4n) is 2.59. The Hall–Kier alpha value is -2.66. The smallest absolute Gasteiger partial charge is 0.220 e. The predicted octanol–water partition coefficient (Wildman–Crippen LogP) is 4.19. The van der Waals surface area contributed by atoms with Crippen molar-refractivity contribution < 1.29 is 14.3 Å². The van der Waals surface area contributed by atoms with E-state index in [-0.39, 0.29) is 24.5 Å². The van der Waals surface area contributed by atoms with Crippen LogP contribution in [0.4, 0.5) is 0 Å². The van der Waals surface area contributed by atoms with Crippen molar-refractivity contribution in [3.05, 3.63) is 64.4 Å². The van der Waals surface area contributed by atoms with E-state index in [0.29, 0.717) is 11.4 Å². The normalized spacial score (nSPS) is 10.6. The number of rotatable bonds is 7. The third-order valence-corrected chi connectivity index (χ3v) is 4.89. The fourth-order valence-corrected chi connectivity index (χ4v) is 3.28. The first kappa shape index (κ1) is 17.2. The van der Waals surface area contributed by atoms with Crippen molar-refractivity contribution in [1.82, 2.24) is 5.32 Å². The molecule has 0 unspecified atom stereocenters. The van der Waals surface area contributed by atoms with E-state index >= 15 is 0 Å². The van der Waals surface area contributed by atoms with Crippen molar-refractivity contribution in [2.24, 2.45) is 0 Å². The lowest BCUT2D eigenvalue weighted by Gasteiger charge is -2.07. The molecule has 25 heavy (non-hydrogen) atoms. The van der Waals surface area contributed by atoms with Gasteiger partial charge in [0.2, 0.25) is 5.91 Å². The van der Waals surface area contributed by atoms with E-state index in [1.807, 2.05) is 47.8 Å². The van der Waals surface area contributed by atoms with Crippen molar-refractivity contribution in [1.29, 1.82) is 0 Å². The zero-order chi connectivity index (χ0) is 17.6. The van der Waals surface area contributed by atoms with Crippen molar-refractivity contribution in [2.75, 3.05) is 7.11 Å². The lowest BCUT2D eigenvalue weighted by atomic mass is 10.1. The lowest BCUT2D eigenvalue weighted by molar-refractivity contribution is -0.121. The predicted molar refractivity (Wildman–Crippen MR) is 100 cm³/mol. The van der Waals surface area contributed by atoms with Gasteiger partial charge in [-0.1, -0.05) is 24.3 Å². The van der Waals surface area contributed by atoms with Gasteiger partial charge in [0.25, 0.3) is 0 Å². The molecule has 0 atom stereocenters. The fraction of sp³-hybridized carbons (Fsp3) is 0.200. The number of amides is 1. The third kappa shape index (κ3) is 4.45. The Morgan fingerprint density at radius 3 is 2.60 bits per heavy atom. The summed E-state index contributed by atoms with van der Waals surface area (Å²) >= 11 is 1.41. The summed E-state index contributed by atoms with van der Waals surface area (Å²) in [6.07, 6.45) is 0.450. The van der Waals surface area contributed by atoms with Crippen LogP contribution in [0.25, 0.3) is 10.8 Å². The Kier molecular flexibility index (Phi) is 5.46. The Morgan fingerprint density at radius 1 is 1.04 bits per heavy atom. The number of fused-ring (bicyclic) bond motifs is 1. The second kappa shape index (κ2) is 7.94. The molecule has 0 saturated heterocycles. The van der Waals surface area contributed by atoms with E-state index in [1.54, 1.807) is 13.2 Å². The second-order valence-corrected chi connectivity index (χ2v) is 6.67. The zero-order valence-corrected chi connectivity index (χ0v) is 14.8. The molecule has 1 amide bonds. The molecule has 3 aromatic rings. The maximum atomic E-state index is 12.0. The highest BCUT2D eigenvalue weighted by molar-refractivity contribution is 7.12. The first-order valence-corrected chi connectivity index (χ1v) is 8.94. The van der Waals surface area contributed by atoms with Crippen LogP contribution in [-0.4, -0.2) is 18.8 Å².